The van der Waals surface area contributed by atoms with E-state index in [1.165, 1.54) is 0 Å². The first-order valence-corrected chi connectivity index (χ1v) is 9.12. The van der Waals surface area contributed by atoms with Crippen molar-refractivity contribution in [2.45, 2.75) is 51.1 Å². The van der Waals surface area contributed by atoms with Crippen LogP contribution in [0.25, 0.3) is 0 Å². The number of anilines is 1. The lowest BCUT2D eigenvalue weighted by atomic mass is 9.97. The molecule has 0 radical (unpaired) electrons. The Morgan fingerprint density at radius 3 is 2.88 bits per heavy atom. The highest BCUT2D eigenvalue weighted by Crippen LogP contribution is 2.26. The zero-order valence-electron chi connectivity index (χ0n) is 14.7. The summed E-state index contributed by atoms with van der Waals surface area (Å²) in [7, 11) is 0. The van der Waals surface area contributed by atoms with Crippen LogP contribution in [0.1, 0.15) is 39.0 Å². The van der Waals surface area contributed by atoms with Gasteiger partial charge in [-0.1, -0.05) is 13.3 Å². The minimum atomic E-state index is -0.466. The number of rotatable bonds is 6. The molecule has 0 unspecified atom stereocenters. The number of hydrogen-bond donors (Lipinski definition) is 1. The van der Waals surface area contributed by atoms with Gasteiger partial charge in [0.15, 0.2) is 0 Å². The Kier molecular flexibility index (Phi) is 5.91. The number of benzene rings is 1. The summed E-state index contributed by atoms with van der Waals surface area (Å²) in [4.78, 5) is 26.7. The van der Waals surface area contributed by atoms with Crippen molar-refractivity contribution in [3.05, 3.63) is 24.3 Å². The van der Waals surface area contributed by atoms with Gasteiger partial charge in [0.25, 0.3) is 0 Å². The van der Waals surface area contributed by atoms with Crippen molar-refractivity contribution < 1.29 is 19.1 Å². The smallest absolute Gasteiger partial charge is 0.323 e. The third kappa shape index (κ3) is 4.51. The molecular formula is C19H26N2O4. The molecule has 0 spiro atoms. The van der Waals surface area contributed by atoms with Gasteiger partial charge in [-0.15, -0.1) is 0 Å². The average Bonchev–Trinajstić information content (AvgIpc) is 2.63. The quantitative estimate of drug-likeness (QED) is 0.802. The first-order chi connectivity index (χ1) is 12.2. The molecule has 2 atom stereocenters. The number of carbonyl (C=O) groups excluding carboxylic acids is 2. The van der Waals surface area contributed by atoms with Gasteiger partial charge in [-0.2, -0.15) is 0 Å². The molecule has 2 heterocycles. The fraction of sp³-hybridized carbons (Fsp3) is 0.579. The molecule has 2 fully saturated rings. The van der Waals surface area contributed by atoms with E-state index in [-0.39, 0.29) is 24.3 Å². The predicted molar refractivity (Wildman–Crippen MR) is 94.6 cm³/mol. The maximum atomic E-state index is 12.4. The van der Waals surface area contributed by atoms with Gasteiger partial charge in [0.2, 0.25) is 5.91 Å². The molecule has 0 bridgehead atoms. The van der Waals surface area contributed by atoms with Crippen molar-refractivity contribution in [2.75, 3.05) is 25.1 Å². The summed E-state index contributed by atoms with van der Waals surface area (Å²) < 4.78 is 10.8. The molecule has 3 rings (SSSR count). The standard InChI is InChI=1S/C19H26N2O4/c1-2-11-24-16-8-6-14(7-9-16)20-18(22)12-17-19(23)25-13-15-5-3-4-10-21(15)17/h6-9,15,17H,2-5,10-13H2,1H3,(H,20,22)/t15-,17-/m0/s1. The third-order valence-corrected chi connectivity index (χ3v) is 4.75. The number of morpholine rings is 1. The summed E-state index contributed by atoms with van der Waals surface area (Å²) in [6.45, 7) is 4.04. The molecule has 1 N–H and O–H groups in total. The highest BCUT2D eigenvalue weighted by Gasteiger charge is 2.40. The van der Waals surface area contributed by atoms with E-state index >= 15 is 0 Å². The number of esters is 1. The van der Waals surface area contributed by atoms with Crippen molar-refractivity contribution in [2.24, 2.45) is 0 Å². The Hall–Kier alpha value is -2.08. The van der Waals surface area contributed by atoms with Gasteiger partial charge < -0.3 is 14.8 Å². The Labute approximate surface area is 148 Å². The molecule has 136 valence electrons. The van der Waals surface area contributed by atoms with Gasteiger partial charge in [-0.05, 0) is 50.1 Å². The highest BCUT2D eigenvalue weighted by molar-refractivity contribution is 5.94. The van der Waals surface area contributed by atoms with Crippen LogP contribution in [0.4, 0.5) is 5.69 Å². The largest absolute Gasteiger partial charge is 0.494 e. The van der Waals surface area contributed by atoms with E-state index in [9.17, 15) is 9.59 Å². The SMILES string of the molecule is CCCOc1ccc(NC(=O)C[C@H]2C(=O)OC[C@@H]3CCCCN32)cc1. The highest BCUT2D eigenvalue weighted by atomic mass is 16.5. The average molecular weight is 346 g/mol. The summed E-state index contributed by atoms with van der Waals surface area (Å²) in [6, 6.07) is 7.09. The topological polar surface area (TPSA) is 67.9 Å². The second kappa shape index (κ2) is 8.34. The van der Waals surface area contributed by atoms with Crippen molar-refractivity contribution in [1.29, 1.82) is 0 Å². The van der Waals surface area contributed by atoms with Gasteiger partial charge in [0.1, 0.15) is 18.4 Å². The minimum Gasteiger partial charge on any atom is -0.494 e. The molecular weight excluding hydrogens is 320 g/mol. The van der Waals surface area contributed by atoms with E-state index in [1.54, 1.807) is 0 Å². The van der Waals surface area contributed by atoms with Crippen molar-refractivity contribution >= 4 is 17.6 Å². The van der Waals surface area contributed by atoms with E-state index in [1.807, 2.05) is 24.3 Å². The van der Waals surface area contributed by atoms with Crippen LogP contribution >= 0.6 is 0 Å². The molecule has 2 aliphatic rings. The van der Waals surface area contributed by atoms with Crippen LogP contribution in [-0.2, 0) is 14.3 Å². The fourth-order valence-corrected chi connectivity index (χ4v) is 3.46. The van der Waals surface area contributed by atoms with Crippen LogP contribution in [0.2, 0.25) is 0 Å². The monoisotopic (exact) mass is 346 g/mol. The second-order valence-corrected chi connectivity index (χ2v) is 6.66. The van der Waals surface area contributed by atoms with E-state index in [4.69, 9.17) is 9.47 Å². The van der Waals surface area contributed by atoms with Crippen molar-refractivity contribution in [1.82, 2.24) is 4.90 Å². The van der Waals surface area contributed by atoms with Gasteiger partial charge in [0.05, 0.1) is 13.0 Å². The molecule has 0 saturated carbocycles. The van der Waals surface area contributed by atoms with E-state index in [0.29, 0.717) is 18.9 Å². The molecule has 2 saturated heterocycles. The van der Waals surface area contributed by atoms with Crippen LogP contribution in [0.5, 0.6) is 5.75 Å². The Morgan fingerprint density at radius 2 is 2.12 bits per heavy atom. The molecule has 0 aromatic heterocycles. The predicted octanol–water partition coefficient (Wildman–Crippen LogP) is 2.58. The number of ether oxygens (including phenoxy) is 2. The first kappa shape index (κ1) is 17.7. The second-order valence-electron chi connectivity index (χ2n) is 6.66. The van der Waals surface area contributed by atoms with Gasteiger partial charge in [-0.25, -0.2) is 0 Å². The van der Waals surface area contributed by atoms with Gasteiger partial charge in [0, 0.05) is 11.7 Å². The zero-order valence-corrected chi connectivity index (χ0v) is 14.7. The van der Waals surface area contributed by atoms with Crippen molar-refractivity contribution in [3.63, 3.8) is 0 Å². The lowest BCUT2D eigenvalue weighted by molar-refractivity contribution is -0.165. The number of carbonyl (C=O) groups is 2. The third-order valence-electron chi connectivity index (χ3n) is 4.75. The van der Waals surface area contributed by atoms with Gasteiger partial charge in [-0.3, -0.25) is 14.5 Å². The fourth-order valence-electron chi connectivity index (χ4n) is 3.46. The normalized spacial score (nSPS) is 23.5. The van der Waals surface area contributed by atoms with Crippen LogP contribution in [0, 0.1) is 0 Å². The molecule has 2 aliphatic heterocycles. The summed E-state index contributed by atoms with van der Waals surface area (Å²) in [5.41, 5.74) is 0.702. The number of nitrogens with zero attached hydrogens (tertiary/aromatic N) is 1. The maximum absolute atomic E-state index is 12.4. The molecule has 1 aromatic rings. The van der Waals surface area contributed by atoms with Crippen LogP contribution in [0.3, 0.4) is 0 Å². The minimum absolute atomic E-state index is 0.128. The van der Waals surface area contributed by atoms with Crippen molar-refractivity contribution in [3.8, 4) is 5.75 Å². The molecule has 1 aromatic carbocycles. The molecule has 0 aliphatic carbocycles. The van der Waals surface area contributed by atoms with Crippen LogP contribution in [-0.4, -0.2) is 48.6 Å². The van der Waals surface area contributed by atoms with Crippen LogP contribution < -0.4 is 10.1 Å². The maximum Gasteiger partial charge on any atom is 0.323 e. The first-order valence-electron chi connectivity index (χ1n) is 9.12. The van der Waals surface area contributed by atoms with Crippen LogP contribution in [0.15, 0.2) is 24.3 Å². The summed E-state index contributed by atoms with van der Waals surface area (Å²) >= 11 is 0. The van der Waals surface area contributed by atoms with E-state index in [2.05, 4.69) is 17.1 Å². The Bertz CT molecular complexity index is 602. The molecule has 25 heavy (non-hydrogen) atoms. The number of amides is 1. The number of fused-ring (bicyclic) bond motifs is 1. The number of hydrogen-bond acceptors (Lipinski definition) is 5. The molecule has 6 nitrogen and oxygen atoms in total. The number of nitrogens with one attached hydrogen (secondary N) is 1. The lowest BCUT2D eigenvalue weighted by Crippen LogP contribution is -2.57. The number of cyclic esters (lactones) is 1. The summed E-state index contributed by atoms with van der Waals surface area (Å²) in [5.74, 6) is 0.332. The molecule has 1 amide bonds. The Morgan fingerprint density at radius 1 is 1.32 bits per heavy atom. The van der Waals surface area contributed by atoms with E-state index in [0.717, 1.165) is 38.0 Å². The van der Waals surface area contributed by atoms with E-state index < -0.39 is 6.04 Å². The zero-order chi connectivity index (χ0) is 17.6. The lowest BCUT2D eigenvalue weighted by Gasteiger charge is -2.43. The summed E-state index contributed by atoms with van der Waals surface area (Å²) in [5, 5.41) is 2.86. The Balaban J connectivity index is 1.56. The molecule has 6 heteroatoms. The van der Waals surface area contributed by atoms with Gasteiger partial charge >= 0.3 is 5.97 Å². The number of piperidine rings is 1. The summed E-state index contributed by atoms with van der Waals surface area (Å²) in [6.07, 6.45) is 4.34.